The summed E-state index contributed by atoms with van der Waals surface area (Å²) < 4.78 is 0. The number of anilines is 3. The zero-order valence-electron chi connectivity index (χ0n) is 22.6. The predicted octanol–water partition coefficient (Wildman–Crippen LogP) is 9.20. The lowest BCUT2D eigenvalue weighted by Gasteiger charge is -2.40. The number of hydrogen-bond donors (Lipinski definition) is 1. The molecule has 7 aromatic carbocycles. The third-order valence-corrected chi connectivity index (χ3v) is 10.1. The van der Waals surface area contributed by atoms with Crippen LogP contribution in [0.2, 0.25) is 0 Å². The molecule has 1 radical (unpaired) electrons. The number of aromatic nitrogens is 1. The van der Waals surface area contributed by atoms with E-state index in [2.05, 4.69) is 145 Å². The highest BCUT2D eigenvalue weighted by Gasteiger charge is 2.34. The van der Waals surface area contributed by atoms with Crippen LogP contribution in [0.4, 0.5) is 17.1 Å². The van der Waals surface area contributed by atoms with E-state index in [1.807, 2.05) is 11.8 Å². The van der Waals surface area contributed by atoms with Gasteiger partial charge in [-0.15, -0.1) is 0 Å². The Kier molecular flexibility index (Phi) is 4.50. The lowest BCUT2D eigenvalue weighted by Crippen LogP contribution is -2.42. The molecule has 2 nitrogen and oxygen atoms in total. The average molecular weight is 549 g/mol. The lowest BCUT2D eigenvalue weighted by atomic mass is 9.57. The Balaban J connectivity index is 1.33. The van der Waals surface area contributed by atoms with E-state index < -0.39 is 0 Å². The Labute approximate surface area is 247 Å². The van der Waals surface area contributed by atoms with Crippen LogP contribution in [0.15, 0.2) is 137 Å². The highest BCUT2D eigenvalue weighted by Crippen LogP contribution is 2.52. The van der Waals surface area contributed by atoms with Crippen molar-refractivity contribution < 1.29 is 0 Å². The Morgan fingerprint density at radius 2 is 1.31 bits per heavy atom. The molecule has 0 atom stereocenters. The normalized spacial score (nSPS) is 13.3. The smallest absolute Gasteiger partial charge is 0.197 e. The average Bonchev–Trinajstić information content (AvgIpc) is 3.40. The van der Waals surface area contributed by atoms with E-state index in [9.17, 15) is 0 Å². The second-order valence-corrected chi connectivity index (χ2v) is 12.3. The van der Waals surface area contributed by atoms with E-state index in [0.29, 0.717) is 0 Å². The van der Waals surface area contributed by atoms with Gasteiger partial charge < -0.3 is 9.88 Å². The maximum atomic E-state index is 3.86. The summed E-state index contributed by atoms with van der Waals surface area (Å²) in [4.78, 5) is 8.94. The molecule has 0 unspecified atom stereocenters. The molecule has 193 valence electrons. The van der Waals surface area contributed by atoms with E-state index in [4.69, 9.17) is 0 Å². The molecule has 2 aliphatic heterocycles. The summed E-state index contributed by atoms with van der Waals surface area (Å²) in [7, 11) is 2.41. The van der Waals surface area contributed by atoms with Gasteiger partial charge >= 0.3 is 0 Å². The first-order valence-corrected chi connectivity index (χ1v) is 15.2. The van der Waals surface area contributed by atoms with Crippen LogP contribution in [-0.2, 0) is 0 Å². The summed E-state index contributed by atoms with van der Waals surface area (Å²) in [5.41, 5.74) is 11.1. The fraction of sp³-hybridized carbons (Fsp3) is 0. The van der Waals surface area contributed by atoms with E-state index in [-0.39, 0.29) is 0 Å². The van der Waals surface area contributed by atoms with Crippen LogP contribution in [0.25, 0.3) is 54.5 Å². The minimum absolute atomic E-state index is 1.17. The van der Waals surface area contributed by atoms with Gasteiger partial charge in [-0.1, -0.05) is 108 Å². The first kappa shape index (κ1) is 22.7. The molecule has 3 heterocycles. The van der Waals surface area contributed by atoms with E-state index >= 15 is 0 Å². The van der Waals surface area contributed by atoms with Crippen LogP contribution in [-0.4, -0.2) is 12.3 Å². The second-order valence-electron chi connectivity index (χ2n) is 11.2. The van der Waals surface area contributed by atoms with Crippen LogP contribution in [0.3, 0.4) is 0 Å². The highest BCUT2D eigenvalue weighted by molar-refractivity contribution is 7.99. The molecule has 0 saturated heterocycles. The van der Waals surface area contributed by atoms with Crippen LogP contribution in [0, 0.1) is 0 Å². The SMILES string of the molecule is [B]1c2cccc3c2N(c2ccccc2S3)c2cc3ccccc3c(-c3cccc4c3[nH]c3cc5ccccc5cc34)c21. The molecule has 2 aliphatic rings. The molecule has 42 heavy (non-hydrogen) atoms. The van der Waals surface area contributed by atoms with E-state index in [0.717, 1.165) is 0 Å². The number of H-pyrrole nitrogens is 1. The number of nitrogens with zero attached hydrogens (tertiary/aromatic N) is 1. The van der Waals surface area contributed by atoms with Crippen molar-refractivity contribution in [3.63, 3.8) is 0 Å². The fourth-order valence-electron chi connectivity index (χ4n) is 7.14. The Morgan fingerprint density at radius 1 is 0.571 bits per heavy atom. The minimum Gasteiger partial charge on any atom is -0.354 e. The zero-order chi connectivity index (χ0) is 27.4. The molecule has 10 rings (SSSR count). The molecule has 0 fully saturated rings. The largest absolute Gasteiger partial charge is 0.354 e. The maximum Gasteiger partial charge on any atom is 0.197 e. The van der Waals surface area contributed by atoms with Crippen LogP contribution < -0.4 is 15.8 Å². The van der Waals surface area contributed by atoms with Gasteiger partial charge in [0.1, 0.15) is 0 Å². The van der Waals surface area contributed by atoms with Crippen molar-refractivity contribution in [3.8, 4) is 11.1 Å². The summed E-state index contributed by atoms with van der Waals surface area (Å²) in [6, 6.07) is 46.8. The number of fused-ring (bicyclic) bond motifs is 9. The molecule has 0 bridgehead atoms. The van der Waals surface area contributed by atoms with Gasteiger partial charge in [0.05, 0.1) is 16.9 Å². The fourth-order valence-corrected chi connectivity index (χ4v) is 8.24. The third kappa shape index (κ3) is 3.02. The van der Waals surface area contributed by atoms with Crippen molar-refractivity contribution in [2.45, 2.75) is 9.79 Å². The van der Waals surface area contributed by atoms with Crippen molar-refractivity contribution in [2.24, 2.45) is 0 Å². The third-order valence-electron chi connectivity index (χ3n) is 8.96. The van der Waals surface area contributed by atoms with Crippen molar-refractivity contribution >= 4 is 90.4 Å². The Bertz CT molecular complexity index is 2440. The van der Waals surface area contributed by atoms with Gasteiger partial charge in [-0.05, 0) is 69.0 Å². The Hall–Kier alpha value is -4.93. The summed E-state index contributed by atoms with van der Waals surface area (Å²) in [5, 5.41) is 7.55. The van der Waals surface area contributed by atoms with Gasteiger partial charge in [0.15, 0.2) is 7.28 Å². The van der Waals surface area contributed by atoms with Crippen LogP contribution >= 0.6 is 11.8 Å². The minimum atomic E-state index is 1.17. The first-order chi connectivity index (χ1) is 20.8. The number of benzene rings is 7. The molecule has 1 aromatic heterocycles. The second kappa shape index (κ2) is 8.31. The van der Waals surface area contributed by atoms with Gasteiger partial charge in [-0.2, -0.15) is 0 Å². The number of hydrogen-bond acceptors (Lipinski definition) is 2. The standard InChI is InChI=1S/C38H22BN2S/c1-2-10-23-20-30-28(19-22(23)9-1)26-13-7-14-27(37(26)40-30)35-25-12-4-3-11-24(25)21-32-36(35)39-29-15-8-18-34-38(29)41(32)31-16-5-6-17-33(31)42-34/h1-21,40H. The molecular weight excluding hydrogens is 527 g/mol. The molecule has 1 N–H and O–H groups in total. The highest BCUT2D eigenvalue weighted by atomic mass is 32.2. The number of para-hydroxylation sites is 3. The van der Waals surface area contributed by atoms with Gasteiger partial charge in [0, 0.05) is 37.3 Å². The first-order valence-electron chi connectivity index (χ1n) is 14.4. The molecule has 8 aromatic rings. The quantitative estimate of drug-likeness (QED) is 0.206. The maximum absolute atomic E-state index is 3.86. The summed E-state index contributed by atoms with van der Waals surface area (Å²) in [6.45, 7) is 0. The van der Waals surface area contributed by atoms with Gasteiger partial charge in [-0.3, -0.25) is 0 Å². The van der Waals surface area contributed by atoms with Gasteiger partial charge in [0.25, 0.3) is 0 Å². The zero-order valence-corrected chi connectivity index (χ0v) is 23.4. The number of nitrogens with one attached hydrogen (secondary N) is 1. The molecule has 0 aliphatic carbocycles. The summed E-state index contributed by atoms with van der Waals surface area (Å²) >= 11 is 1.87. The Morgan fingerprint density at radius 3 is 2.24 bits per heavy atom. The van der Waals surface area contributed by atoms with Gasteiger partial charge in [0.2, 0.25) is 0 Å². The molecule has 0 amide bonds. The van der Waals surface area contributed by atoms with Crippen molar-refractivity contribution in [1.82, 2.24) is 4.98 Å². The molecular formula is C38H22BN2S. The lowest BCUT2D eigenvalue weighted by molar-refractivity contribution is 1.18. The number of rotatable bonds is 1. The topological polar surface area (TPSA) is 19.0 Å². The van der Waals surface area contributed by atoms with Crippen molar-refractivity contribution in [1.29, 1.82) is 0 Å². The summed E-state index contributed by atoms with van der Waals surface area (Å²) in [6.07, 6.45) is 0. The van der Waals surface area contributed by atoms with Crippen LogP contribution in [0.5, 0.6) is 0 Å². The summed E-state index contributed by atoms with van der Waals surface area (Å²) in [5.74, 6) is 0. The van der Waals surface area contributed by atoms with Crippen LogP contribution in [0.1, 0.15) is 0 Å². The number of aromatic amines is 1. The molecule has 0 saturated carbocycles. The molecule has 4 heteroatoms. The molecule has 0 spiro atoms. The monoisotopic (exact) mass is 549 g/mol. The van der Waals surface area contributed by atoms with E-state index in [1.165, 1.54) is 92.3 Å². The predicted molar refractivity (Wildman–Crippen MR) is 180 cm³/mol. The van der Waals surface area contributed by atoms with E-state index in [1.54, 1.807) is 0 Å². The van der Waals surface area contributed by atoms with Crippen molar-refractivity contribution in [2.75, 3.05) is 4.90 Å². The van der Waals surface area contributed by atoms with Crippen molar-refractivity contribution in [3.05, 3.63) is 127 Å². The van der Waals surface area contributed by atoms with Gasteiger partial charge in [-0.25, -0.2) is 0 Å².